The summed E-state index contributed by atoms with van der Waals surface area (Å²) >= 11 is 0. The third-order valence-corrected chi connectivity index (χ3v) is 6.07. The lowest BCUT2D eigenvalue weighted by Crippen LogP contribution is -2.54. The minimum Gasteiger partial charge on any atom is -0.342 e. The molecule has 27 heavy (non-hydrogen) atoms. The van der Waals surface area contributed by atoms with Gasteiger partial charge in [-0.2, -0.15) is 0 Å². The topological polar surface area (TPSA) is 66.6 Å². The molecule has 1 aromatic rings. The van der Waals surface area contributed by atoms with Crippen molar-refractivity contribution in [3.05, 3.63) is 35.9 Å². The number of nitrogens with zero attached hydrogens (tertiary/aromatic N) is 2. The maximum atomic E-state index is 12.6. The zero-order chi connectivity index (χ0) is 19.1. The fraction of sp³-hybridized carbons (Fsp3) is 0.636. The van der Waals surface area contributed by atoms with Crippen molar-refractivity contribution < 1.29 is 9.59 Å². The molecule has 2 aliphatic rings. The number of carbonyl (C=O) groups excluding carboxylic acids is 2. The smallest absolute Gasteiger partial charge is 0.222 e. The van der Waals surface area contributed by atoms with Gasteiger partial charge >= 0.3 is 0 Å². The second-order valence-corrected chi connectivity index (χ2v) is 8.25. The Hall–Kier alpha value is -1.88. The maximum absolute atomic E-state index is 12.6. The van der Waals surface area contributed by atoms with Gasteiger partial charge in [-0.25, -0.2) is 0 Å². The Morgan fingerprint density at radius 3 is 2.67 bits per heavy atom. The van der Waals surface area contributed by atoms with Crippen LogP contribution in [0.4, 0.5) is 0 Å². The molecular formula is C22H33N3O2. The fourth-order valence-corrected chi connectivity index (χ4v) is 4.56. The molecule has 0 radical (unpaired) electrons. The average Bonchev–Trinajstić information content (AvgIpc) is 2.69. The maximum Gasteiger partial charge on any atom is 0.222 e. The molecule has 5 nitrogen and oxygen atoms in total. The highest BCUT2D eigenvalue weighted by Gasteiger charge is 2.42. The van der Waals surface area contributed by atoms with Crippen LogP contribution in [0.15, 0.2) is 30.3 Å². The van der Waals surface area contributed by atoms with E-state index in [9.17, 15) is 9.59 Å². The zero-order valence-electron chi connectivity index (χ0n) is 16.4. The summed E-state index contributed by atoms with van der Waals surface area (Å²) in [5.41, 5.74) is 6.78. The van der Waals surface area contributed by atoms with Crippen LogP contribution in [0, 0.1) is 5.41 Å². The van der Waals surface area contributed by atoms with Gasteiger partial charge in [-0.15, -0.1) is 0 Å². The second-order valence-electron chi connectivity index (χ2n) is 8.25. The second kappa shape index (κ2) is 9.36. The molecule has 2 heterocycles. The molecule has 148 valence electrons. The van der Waals surface area contributed by atoms with Crippen molar-refractivity contribution in [3.63, 3.8) is 0 Å². The van der Waals surface area contributed by atoms with Gasteiger partial charge in [0.25, 0.3) is 0 Å². The summed E-state index contributed by atoms with van der Waals surface area (Å²) in [5.74, 6) is 0.521. The van der Waals surface area contributed by atoms with Gasteiger partial charge in [0.1, 0.15) is 0 Å². The van der Waals surface area contributed by atoms with Crippen molar-refractivity contribution >= 4 is 11.8 Å². The summed E-state index contributed by atoms with van der Waals surface area (Å²) in [6, 6.07) is 10.2. The highest BCUT2D eigenvalue weighted by atomic mass is 16.2. The van der Waals surface area contributed by atoms with E-state index < -0.39 is 0 Å². The van der Waals surface area contributed by atoms with Crippen molar-refractivity contribution in [2.24, 2.45) is 11.1 Å². The standard InChI is InChI=1S/C22H33N3O2/c23-14-6-2-5-10-20(26)24-15-7-12-22(17-24)13-11-21(27)25(18-22)16-19-8-3-1-4-9-19/h1,3-4,8-9H,2,5-7,10-18,23H2/t22-/m1/s1. The van der Waals surface area contributed by atoms with Gasteiger partial charge < -0.3 is 15.5 Å². The SMILES string of the molecule is NCCCCCC(=O)N1CCC[C@@]2(CCC(=O)N(Cc3ccccc3)C2)C1. The van der Waals surface area contributed by atoms with Gasteiger partial charge in [-0.05, 0) is 44.2 Å². The molecule has 2 amide bonds. The lowest BCUT2D eigenvalue weighted by Gasteiger charge is -2.48. The number of hydrogen-bond donors (Lipinski definition) is 1. The number of hydrogen-bond acceptors (Lipinski definition) is 3. The quantitative estimate of drug-likeness (QED) is 0.750. The van der Waals surface area contributed by atoms with Gasteiger partial charge in [0, 0.05) is 44.4 Å². The predicted molar refractivity (Wildman–Crippen MR) is 107 cm³/mol. The van der Waals surface area contributed by atoms with Crippen molar-refractivity contribution in [3.8, 4) is 0 Å². The average molecular weight is 372 g/mol. The van der Waals surface area contributed by atoms with E-state index in [2.05, 4.69) is 17.0 Å². The summed E-state index contributed by atoms with van der Waals surface area (Å²) in [4.78, 5) is 29.2. The largest absolute Gasteiger partial charge is 0.342 e. The molecule has 0 unspecified atom stereocenters. The van der Waals surface area contributed by atoms with Crippen LogP contribution in [0.1, 0.15) is 56.9 Å². The van der Waals surface area contributed by atoms with Crippen LogP contribution in [-0.4, -0.2) is 47.8 Å². The number of carbonyl (C=O) groups is 2. The van der Waals surface area contributed by atoms with E-state index in [0.717, 1.165) is 58.2 Å². The van der Waals surface area contributed by atoms with Crippen LogP contribution >= 0.6 is 0 Å². The van der Waals surface area contributed by atoms with Crippen molar-refractivity contribution in [2.45, 2.75) is 57.9 Å². The lowest BCUT2D eigenvalue weighted by atomic mass is 9.73. The van der Waals surface area contributed by atoms with Gasteiger partial charge in [-0.1, -0.05) is 36.8 Å². The molecule has 2 N–H and O–H groups in total. The minimum absolute atomic E-state index is 0.0772. The van der Waals surface area contributed by atoms with Gasteiger partial charge in [0.15, 0.2) is 0 Å². The Labute approximate surface area is 162 Å². The molecule has 1 aromatic carbocycles. The molecule has 0 aliphatic carbocycles. The van der Waals surface area contributed by atoms with Crippen LogP contribution in [0.5, 0.6) is 0 Å². The molecule has 0 saturated carbocycles. The molecular weight excluding hydrogens is 338 g/mol. The van der Waals surface area contributed by atoms with E-state index in [-0.39, 0.29) is 17.2 Å². The van der Waals surface area contributed by atoms with Crippen LogP contribution in [-0.2, 0) is 16.1 Å². The van der Waals surface area contributed by atoms with Crippen LogP contribution in [0.25, 0.3) is 0 Å². The molecule has 0 bridgehead atoms. The number of unbranched alkanes of at least 4 members (excludes halogenated alkanes) is 2. The molecule has 2 saturated heterocycles. The molecule has 2 aliphatic heterocycles. The minimum atomic E-state index is 0.0772. The number of benzene rings is 1. The van der Waals surface area contributed by atoms with E-state index in [1.54, 1.807) is 0 Å². The molecule has 1 atom stereocenters. The molecule has 2 fully saturated rings. The van der Waals surface area contributed by atoms with E-state index in [1.807, 2.05) is 23.1 Å². The molecule has 0 aromatic heterocycles. The van der Waals surface area contributed by atoms with E-state index >= 15 is 0 Å². The summed E-state index contributed by atoms with van der Waals surface area (Å²) < 4.78 is 0. The molecule has 5 heteroatoms. The monoisotopic (exact) mass is 371 g/mol. The Kier molecular flexibility index (Phi) is 6.89. The normalized spacial score (nSPS) is 23.1. The Balaban J connectivity index is 1.59. The molecule has 3 rings (SSSR count). The summed E-state index contributed by atoms with van der Waals surface area (Å²) in [6.45, 7) is 3.82. The Bertz CT molecular complexity index is 634. The highest BCUT2D eigenvalue weighted by Crippen LogP contribution is 2.39. The summed E-state index contributed by atoms with van der Waals surface area (Å²) in [7, 11) is 0. The van der Waals surface area contributed by atoms with Crippen molar-refractivity contribution in [2.75, 3.05) is 26.2 Å². The van der Waals surface area contributed by atoms with Gasteiger partial charge in [-0.3, -0.25) is 9.59 Å². The number of amides is 2. The van der Waals surface area contributed by atoms with E-state index in [1.165, 1.54) is 5.56 Å². The molecule has 1 spiro atoms. The van der Waals surface area contributed by atoms with E-state index in [0.29, 0.717) is 25.9 Å². The van der Waals surface area contributed by atoms with Crippen molar-refractivity contribution in [1.82, 2.24) is 9.80 Å². The Morgan fingerprint density at radius 1 is 1.07 bits per heavy atom. The number of piperidine rings is 2. The number of likely N-dealkylation sites (tertiary alicyclic amines) is 2. The first-order chi connectivity index (χ1) is 13.1. The number of rotatable bonds is 7. The zero-order valence-corrected chi connectivity index (χ0v) is 16.4. The third-order valence-electron chi connectivity index (χ3n) is 6.07. The van der Waals surface area contributed by atoms with Crippen LogP contribution in [0.2, 0.25) is 0 Å². The third kappa shape index (κ3) is 5.32. The highest BCUT2D eigenvalue weighted by molar-refractivity contribution is 5.78. The summed E-state index contributed by atoms with van der Waals surface area (Å²) in [6.07, 6.45) is 7.25. The fourth-order valence-electron chi connectivity index (χ4n) is 4.56. The van der Waals surface area contributed by atoms with Crippen LogP contribution < -0.4 is 5.73 Å². The predicted octanol–water partition coefficient (Wildman–Crippen LogP) is 2.94. The lowest BCUT2D eigenvalue weighted by molar-refractivity contribution is -0.143. The first kappa shape index (κ1) is 19.9. The van der Waals surface area contributed by atoms with Gasteiger partial charge in [0.05, 0.1) is 0 Å². The van der Waals surface area contributed by atoms with Crippen molar-refractivity contribution in [1.29, 1.82) is 0 Å². The van der Waals surface area contributed by atoms with Gasteiger partial charge in [0.2, 0.25) is 11.8 Å². The number of nitrogens with two attached hydrogens (primary N) is 1. The summed E-state index contributed by atoms with van der Waals surface area (Å²) in [5, 5.41) is 0. The first-order valence-corrected chi connectivity index (χ1v) is 10.4. The first-order valence-electron chi connectivity index (χ1n) is 10.4. The Morgan fingerprint density at radius 2 is 1.89 bits per heavy atom. The van der Waals surface area contributed by atoms with Crippen LogP contribution in [0.3, 0.4) is 0 Å². The van der Waals surface area contributed by atoms with E-state index in [4.69, 9.17) is 5.73 Å².